The van der Waals surface area contributed by atoms with Gasteiger partial charge in [-0.05, 0) is 24.3 Å². The Morgan fingerprint density at radius 3 is 2.64 bits per heavy atom. The van der Waals surface area contributed by atoms with Crippen molar-refractivity contribution in [3.63, 3.8) is 0 Å². The molecule has 0 aliphatic heterocycles. The van der Waals surface area contributed by atoms with Crippen LogP contribution in [0.25, 0.3) is 11.3 Å². The molecule has 0 saturated carbocycles. The zero-order valence-electron chi connectivity index (χ0n) is 12.8. The van der Waals surface area contributed by atoms with Crippen LogP contribution < -0.4 is 5.32 Å². The molecule has 0 bridgehead atoms. The molecule has 2 aromatic heterocycles. The maximum Gasteiger partial charge on any atom is 0.338 e. The van der Waals surface area contributed by atoms with Crippen LogP contribution >= 0.6 is 11.3 Å². The van der Waals surface area contributed by atoms with Gasteiger partial charge in [0, 0.05) is 17.1 Å². The molecule has 0 radical (unpaired) electrons. The zero-order valence-corrected chi connectivity index (χ0v) is 13.6. The Morgan fingerprint density at radius 1 is 1.20 bits per heavy atom. The number of rotatable bonds is 6. The van der Waals surface area contributed by atoms with Gasteiger partial charge in [-0.15, -0.1) is 11.3 Å². The Hall–Kier alpha value is -3.26. The number of aromatic nitrogens is 1. The lowest BCUT2D eigenvalue weighted by molar-refractivity contribution is -0.119. The van der Waals surface area contributed by atoms with Crippen LogP contribution in [0.5, 0.6) is 0 Å². The van der Waals surface area contributed by atoms with Gasteiger partial charge < -0.3 is 9.15 Å². The van der Waals surface area contributed by atoms with E-state index in [1.165, 1.54) is 11.3 Å². The highest BCUT2D eigenvalue weighted by Gasteiger charge is 2.12. The Morgan fingerprint density at radius 2 is 2.00 bits per heavy atom. The first-order chi connectivity index (χ1) is 12.2. The van der Waals surface area contributed by atoms with Crippen LogP contribution in [0.15, 0.2) is 52.4 Å². The fraction of sp³-hybridized carbons (Fsp3) is 0.0588. The van der Waals surface area contributed by atoms with Crippen LogP contribution in [0.1, 0.15) is 20.9 Å². The minimum Gasteiger partial charge on any atom is -0.453 e. The maximum absolute atomic E-state index is 12.0. The number of ether oxygens (including phenoxy) is 1. The quantitative estimate of drug-likeness (QED) is 0.538. The number of aldehydes is 1. The lowest BCUT2D eigenvalue weighted by Gasteiger charge is -2.05. The van der Waals surface area contributed by atoms with Crippen molar-refractivity contribution < 1.29 is 23.5 Å². The van der Waals surface area contributed by atoms with Gasteiger partial charge in [-0.3, -0.25) is 14.9 Å². The number of carbonyl (C=O) groups excluding carboxylic acids is 3. The fourth-order valence-electron chi connectivity index (χ4n) is 2.00. The number of nitrogens with zero attached hydrogens (tertiary/aromatic N) is 1. The highest BCUT2D eigenvalue weighted by molar-refractivity contribution is 7.13. The van der Waals surface area contributed by atoms with E-state index in [2.05, 4.69) is 10.3 Å². The first-order valence-corrected chi connectivity index (χ1v) is 8.05. The summed E-state index contributed by atoms with van der Waals surface area (Å²) in [5.41, 5.74) is 1.01. The molecule has 1 N–H and O–H groups in total. The minimum absolute atomic E-state index is 0.227. The van der Waals surface area contributed by atoms with Crippen LogP contribution in [0.4, 0.5) is 5.13 Å². The highest BCUT2D eigenvalue weighted by atomic mass is 32.1. The number of carbonyl (C=O) groups is 3. The van der Waals surface area contributed by atoms with Crippen LogP contribution in [0.3, 0.4) is 0 Å². The first-order valence-electron chi connectivity index (χ1n) is 7.17. The molecular weight excluding hydrogens is 344 g/mol. The second-order valence-corrected chi connectivity index (χ2v) is 5.75. The van der Waals surface area contributed by atoms with Gasteiger partial charge in [0.25, 0.3) is 5.91 Å². The van der Waals surface area contributed by atoms with E-state index in [9.17, 15) is 14.4 Å². The van der Waals surface area contributed by atoms with Crippen LogP contribution in [0, 0.1) is 0 Å². The van der Waals surface area contributed by atoms with E-state index in [0.29, 0.717) is 28.3 Å². The number of benzene rings is 1. The third kappa shape index (κ3) is 4.18. The summed E-state index contributed by atoms with van der Waals surface area (Å²) in [7, 11) is 0. The summed E-state index contributed by atoms with van der Waals surface area (Å²) in [5.74, 6) is -0.333. The number of amides is 1. The van der Waals surface area contributed by atoms with Crippen LogP contribution in [-0.2, 0) is 9.53 Å². The number of anilines is 1. The first kappa shape index (κ1) is 16.6. The van der Waals surface area contributed by atoms with Crippen LogP contribution in [0.2, 0.25) is 0 Å². The number of hydrogen-bond acceptors (Lipinski definition) is 7. The van der Waals surface area contributed by atoms with Gasteiger partial charge in [-0.1, -0.05) is 12.1 Å². The molecule has 0 spiro atoms. The molecule has 2 heterocycles. The standard InChI is InChI=1S/C17H12N2O5S/c20-9-13-5-6-14(24-13)11-1-3-12(4-2-11)16(22)23-10-15(21)19-17-18-7-8-25-17/h1-9H,10H2,(H,18,19,21). The van der Waals surface area contributed by atoms with E-state index in [1.54, 1.807) is 48.0 Å². The van der Waals surface area contributed by atoms with E-state index in [1.807, 2.05) is 0 Å². The van der Waals surface area contributed by atoms with Gasteiger partial charge in [0.15, 0.2) is 23.8 Å². The normalized spacial score (nSPS) is 10.2. The number of esters is 1. The predicted molar refractivity (Wildman–Crippen MR) is 90.6 cm³/mol. The molecule has 7 nitrogen and oxygen atoms in total. The molecule has 25 heavy (non-hydrogen) atoms. The minimum atomic E-state index is -0.617. The van der Waals surface area contributed by atoms with Gasteiger partial charge in [-0.2, -0.15) is 0 Å². The summed E-state index contributed by atoms with van der Waals surface area (Å²) in [4.78, 5) is 38.2. The van der Waals surface area contributed by atoms with Gasteiger partial charge in [0.05, 0.1) is 5.56 Å². The molecule has 0 saturated heterocycles. The molecular formula is C17H12N2O5S. The summed E-state index contributed by atoms with van der Waals surface area (Å²) in [6.45, 7) is -0.402. The Labute approximate surface area is 146 Å². The van der Waals surface area contributed by atoms with E-state index in [0.717, 1.165) is 0 Å². The number of thiazole rings is 1. The molecule has 0 aliphatic carbocycles. The third-order valence-electron chi connectivity index (χ3n) is 3.16. The van der Waals surface area contributed by atoms with E-state index in [4.69, 9.17) is 9.15 Å². The molecule has 8 heteroatoms. The predicted octanol–water partition coefficient (Wildman–Crippen LogP) is 3.01. The average molecular weight is 356 g/mol. The molecule has 0 atom stereocenters. The molecule has 126 valence electrons. The van der Waals surface area contributed by atoms with Gasteiger partial charge in [0.1, 0.15) is 5.76 Å². The van der Waals surface area contributed by atoms with E-state index >= 15 is 0 Å². The number of nitrogens with one attached hydrogen (secondary N) is 1. The van der Waals surface area contributed by atoms with Gasteiger partial charge in [0.2, 0.25) is 0 Å². The molecule has 3 aromatic rings. The van der Waals surface area contributed by atoms with Crippen molar-refractivity contribution in [2.24, 2.45) is 0 Å². The molecule has 1 amide bonds. The van der Waals surface area contributed by atoms with Crippen molar-refractivity contribution in [3.05, 3.63) is 59.3 Å². The van der Waals surface area contributed by atoms with Crippen molar-refractivity contribution in [2.75, 3.05) is 11.9 Å². The summed E-state index contributed by atoms with van der Waals surface area (Å²) in [5, 5.41) is 4.68. The largest absolute Gasteiger partial charge is 0.453 e. The fourth-order valence-corrected chi connectivity index (χ4v) is 2.54. The van der Waals surface area contributed by atoms with Crippen molar-refractivity contribution in [3.8, 4) is 11.3 Å². The van der Waals surface area contributed by atoms with Crippen molar-refractivity contribution >= 4 is 34.6 Å². The molecule has 1 aromatic carbocycles. The SMILES string of the molecule is O=Cc1ccc(-c2ccc(C(=O)OCC(=O)Nc3nccs3)cc2)o1. The summed E-state index contributed by atoms with van der Waals surface area (Å²) < 4.78 is 10.3. The van der Waals surface area contributed by atoms with Gasteiger partial charge >= 0.3 is 5.97 Å². The van der Waals surface area contributed by atoms with Crippen molar-refractivity contribution in [1.29, 1.82) is 0 Å². The Balaban J connectivity index is 1.57. The molecule has 0 fully saturated rings. The van der Waals surface area contributed by atoms with Crippen LogP contribution in [-0.4, -0.2) is 29.8 Å². The molecule has 0 aliphatic rings. The summed E-state index contributed by atoms with van der Waals surface area (Å²) in [6.07, 6.45) is 2.18. The van der Waals surface area contributed by atoms with Crippen molar-refractivity contribution in [2.45, 2.75) is 0 Å². The number of hydrogen-bond donors (Lipinski definition) is 1. The Bertz CT molecular complexity index is 884. The zero-order chi connectivity index (χ0) is 17.6. The van der Waals surface area contributed by atoms with Crippen molar-refractivity contribution in [1.82, 2.24) is 4.98 Å². The third-order valence-corrected chi connectivity index (χ3v) is 3.85. The smallest absolute Gasteiger partial charge is 0.338 e. The lowest BCUT2D eigenvalue weighted by atomic mass is 10.1. The van der Waals surface area contributed by atoms with E-state index < -0.39 is 18.5 Å². The highest BCUT2D eigenvalue weighted by Crippen LogP contribution is 2.22. The van der Waals surface area contributed by atoms with E-state index in [-0.39, 0.29) is 5.76 Å². The summed E-state index contributed by atoms with van der Waals surface area (Å²) in [6, 6.07) is 9.67. The second-order valence-electron chi connectivity index (χ2n) is 4.86. The average Bonchev–Trinajstić information content (AvgIpc) is 3.31. The number of furan rings is 1. The second kappa shape index (κ2) is 7.54. The Kier molecular flexibility index (Phi) is 5.00. The monoisotopic (exact) mass is 356 g/mol. The maximum atomic E-state index is 12.0. The summed E-state index contributed by atoms with van der Waals surface area (Å²) >= 11 is 1.27. The lowest BCUT2D eigenvalue weighted by Crippen LogP contribution is -2.20. The topological polar surface area (TPSA) is 98.5 Å². The van der Waals surface area contributed by atoms with Gasteiger partial charge in [-0.25, -0.2) is 9.78 Å². The molecule has 3 rings (SSSR count). The molecule has 0 unspecified atom stereocenters.